The zero-order chi connectivity index (χ0) is 16.4. The van der Waals surface area contributed by atoms with E-state index in [0.29, 0.717) is 24.5 Å². The Hall–Kier alpha value is -1.61. The molecule has 0 aliphatic carbocycles. The average molecular weight is 336 g/mol. The fourth-order valence-electron chi connectivity index (χ4n) is 2.24. The van der Waals surface area contributed by atoms with Crippen LogP contribution in [0.25, 0.3) is 0 Å². The maximum absolute atomic E-state index is 13.2. The van der Waals surface area contributed by atoms with E-state index in [1.165, 1.54) is 0 Å². The fourth-order valence-corrected chi connectivity index (χ4v) is 2.58. The molecule has 1 heterocycles. The molecule has 1 amide bonds. The van der Waals surface area contributed by atoms with Crippen LogP contribution in [0, 0.1) is 0 Å². The molecular formula is C13H15F3N2O3S. The van der Waals surface area contributed by atoms with E-state index in [1.807, 2.05) is 35.2 Å². The van der Waals surface area contributed by atoms with Crippen molar-refractivity contribution in [3.8, 4) is 0 Å². The first-order valence-electron chi connectivity index (χ1n) is 6.59. The number of rotatable bonds is 4. The van der Waals surface area contributed by atoms with Gasteiger partial charge in [-0.2, -0.15) is 17.2 Å². The molecule has 1 saturated heterocycles. The van der Waals surface area contributed by atoms with Crippen molar-refractivity contribution < 1.29 is 25.9 Å². The van der Waals surface area contributed by atoms with Gasteiger partial charge in [-0.3, -0.25) is 9.69 Å². The summed E-state index contributed by atoms with van der Waals surface area (Å²) in [7, 11) is -6.25. The maximum Gasteiger partial charge on any atom is 0.451 e. The lowest BCUT2D eigenvalue weighted by Crippen LogP contribution is -2.54. The molecule has 0 unspecified atom stereocenters. The lowest BCUT2D eigenvalue weighted by molar-refractivity contribution is -0.149. The molecule has 1 fully saturated rings. The monoisotopic (exact) mass is 336 g/mol. The highest BCUT2D eigenvalue weighted by Gasteiger charge is 2.55. The van der Waals surface area contributed by atoms with E-state index >= 15 is 0 Å². The standard InChI is InChI=1S/C13H15F3N2O3S/c14-13(15,22(16,20)21)12(19)18-8-6-17(7-9-18)10-11-4-2-1-3-5-11/h1-5H,6-10H2. The van der Waals surface area contributed by atoms with E-state index in [9.17, 15) is 25.9 Å². The van der Waals surface area contributed by atoms with Gasteiger partial charge in [0.25, 0.3) is 0 Å². The van der Waals surface area contributed by atoms with E-state index in [-0.39, 0.29) is 13.1 Å². The highest BCUT2D eigenvalue weighted by Crippen LogP contribution is 2.26. The number of carbonyl (C=O) groups is 1. The van der Waals surface area contributed by atoms with E-state index in [0.717, 1.165) is 5.56 Å². The molecule has 1 aromatic rings. The summed E-state index contributed by atoms with van der Waals surface area (Å²) in [6, 6.07) is 9.46. The SMILES string of the molecule is O=C(N1CCN(Cc2ccccc2)CC1)C(F)(F)S(=O)(=O)F. The summed E-state index contributed by atoms with van der Waals surface area (Å²) in [5.41, 5.74) is 1.04. The topological polar surface area (TPSA) is 57.7 Å². The number of hydrogen-bond acceptors (Lipinski definition) is 4. The van der Waals surface area contributed by atoms with Gasteiger partial charge in [0.1, 0.15) is 0 Å². The van der Waals surface area contributed by atoms with Crippen molar-refractivity contribution in [3.63, 3.8) is 0 Å². The second-order valence-electron chi connectivity index (χ2n) is 5.01. The Morgan fingerprint density at radius 1 is 1.09 bits per heavy atom. The molecule has 122 valence electrons. The molecule has 1 aromatic carbocycles. The summed E-state index contributed by atoms with van der Waals surface area (Å²) >= 11 is 0. The molecule has 1 aliphatic heterocycles. The predicted molar refractivity (Wildman–Crippen MR) is 73.3 cm³/mol. The van der Waals surface area contributed by atoms with Gasteiger partial charge >= 0.3 is 21.4 Å². The summed E-state index contributed by atoms with van der Waals surface area (Å²) in [5.74, 6) is -2.01. The number of carbonyl (C=O) groups excluding carboxylic acids is 1. The third-order valence-electron chi connectivity index (χ3n) is 3.46. The van der Waals surface area contributed by atoms with Crippen LogP contribution in [0.1, 0.15) is 5.56 Å². The molecule has 0 bridgehead atoms. The van der Waals surface area contributed by atoms with E-state index in [4.69, 9.17) is 0 Å². The predicted octanol–water partition coefficient (Wildman–Crippen LogP) is 1.22. The van der Waals surface area contributed by atoms with Gasteiger partial charge in [-0.25, -0.2) is 0 Å². The number of benzene rings is 1. The van der Waals surface area contributed by atoms with E-state index < -0.39 is 21.4 Å². The Morgan fingerprint density at radius 3 is 2.14 bits per heavy atom. The van der Waals surface area contributed by atoms with Crippen LogP contribution in [-0.2, 0) is 21.6 Å². The van der Waals surface area contributed by atoms with E-state index in [2.05, 4.69) is 0 Å². The highest BCUT2D eigenvalue weighted by atomic mass is 32.3. The lowest BCUT2D eigenvalue weighted by Gasteiger charge is -2.35. The molecule has 1 aliphatic rings. The lowest BCUT2D eigenvalue weighted by atomic mass is 10.2. The molecule has 9 heteroatoms. The number of halogens is 3. The Kier molecular flexibility index (Phi) is 4.76. The number of piperazine rings is 1. The van der Waals surface area contributed by atoms with Gasteiger partial charge in [-0.05, 0) is 5.56 Å². The molecule has 0 spiro atoms. The normalized spacial score (nSPS) is 17.5. The minimum atomic E-state index is -6.25. The molecule has 2 rings (SSSR count). The molecule has 22 heavy (non-hydrogen) atoms. The van der Waals surface area contributed by atoms with Gasteiger partial charge in [0.05, 0.1) is 0 Å². The van der Waals surface area contributed by atoms with Gasteiger partial charge in [-0.1, -0.05) is 34.2 Å². The Labute approximate surface area is 126 Å². The highest BCUT2D eigenvalue weighted by molar-refractivity contribution is 7.88. The van der Waals surface area contributed by atoms with Crippen LogP contribution in [0.15, 0.2) is 30.3 Å². The summed E-state index contributed by atoms with van der Waals surface area (Å²) in [6.45, 7) is 1.07. The van der Waals surface area contributed by atoms with Gasteiger partial charge in [-0.15, -0.1) is 0 Å². The van der Waals surface area contributed by atoms with Crippen molar-refractivity contribution in [2.24, 2.45) is 0 Å². The second kappa shape index (κ2) is 6.25. The number of alkyl halides is 2. The first-order valence-corrected chi connectivity index (χ1v) is 7.98. The maximum atomic E-state index is 13.2. The number of amides is 1. The first kappa shape index (κ1) is 16.8. The zero-order valence-electron chi connectivity index (χ0n) is 11.6. The third kappa shape index (κ3) is 3.58. The quantitative estimate of drug-likeness (QED) is 0.776. The van der Waals surface area contributed by atoms with Crippen LogP contribution < -0.4 is 0 Å². The molecule has 0 saturated carbocycles. The largest absolute Gasteiger partial charge is 0.451 e. The van der Waals surface area contributed by atoms with Crippen molar-refractivity contribution in [1.82, 2.24) is 9.80 Å². The number of nitrogens with zero attached hydrogens (tertiary/aromatic N) is 2. The summed E-state index contributed by atoms with van der Waals surface area (Å²) in [6.07, 6.45) is 0. The Balaban J connectivity index is 1.94. The van der Waals surface area contributed by atoms with Crippen LogP contribution in [-0.4, -0.2) is 55.6 Å². The molecular weight excluding hydrogens is 321 g/mol. The molecule has 0 atom stereocenters. The molecule has 0 N–H and O–H groups in total. The van der Waals surface area contributed by atoms with Gasteiger partial charge in [0.2, 0.25) is 0 Å². The Morgan fingerprint density at radius 2 is 1.64 bits per heavy atom. The van der Waals surface area contributed by atoms with Gasteiger partial charge in [0, 0.05) is 32.7 Å². The molecule has 5 nitrogen and oxygen atoms in total. The van der Waals surface area contributed by atoms with Crippen LogP contribution >= 0.6 is 0 Å². The minimum absolute atomic E-state index is 0.0726. The first-order chi connectivity index (χ1) is 10.2. The summed E-state index contributed by atoms with van der Waals surface area (Å²) in [5, 5.41) is -5.02. The van der Waals surface area contributed by atoms with Crippen LogP contribution in [0.4, 0.5) is 12.7 Å². The minimum Gasteiger partial charge on any atom is -0.334 e. The number of hydrogen-bond donors (Lipinski definition) is 0. The molecule has 0 radical (unpaired) electrons. The summed E-state index contributed by atoms with van der Waals surface area (Å²) < 4.78 is 59.6. The van der Waals surface area contributed by atoms with Crippen molar-refractivity contribution in [1.29, 1.82) is 0 Å². The fraction of sp³-hybridized carbons (Fsp3) is 0.462. The second-order valence-corrected chi connectivity index (χ2v) is 6.40. The summed E-state index contributed by atoms with van der Waals surface area (Å²) in [4.78, 5) is 14.1. The van der Waals surface area contributed by atoms with Crippen molar-refractivity contribution in [2.45, 2.75) is 11.8 Å². The van der Waals surface area contributed by atoms with Crippen LogP contribution in [0.3, 0.4) is 0 Å². The van der Waals surface area contributed by atoms with Crippen LogP contribution in [0.2, 0.25) is 0 Å². The zero-order valence-corrected chi connectivity index (χ0v) is 12.4. The van der Waals surface area contributed by atoms with E-state index in [1.54, 1.807) is 0 Å². The van der Waals surface area contributed by atoms with Crippen molar-refractivity contribution in [2.75, 3.05) is 26.2 Å². The average Bonchev–Trinajstić information content (AvgIpc) is 2.47. The van der Waals surface area contributed by atoms with Gasteiger partial charge < -0.3 is 4.90 Å². The Bertz CT molecular complexity index is 629. The van der Waals surface area contributed by atoms with Crippen LogP contribution in [0.5, 0.6) is 0 Å². The van der Waals surface area contributed by atoms with Crippen molar-refractivity contribution >= 4 is 16.1 Å². The van der Waals surface area contributed by atoms with Gasteiger partial charge in [0.15, 0.2) is 0 Å². The van der Waals surface area contributed by atoms with Crippen molar-refractivity contribution in [3.05, 3.63) is 35.9 Å². The smallest absolute Gasteiger partial charge is 0.334 e. The molecule has 0 aromatic heterocycles. The third-order valence-corrected chi connectivity index (χ3v) is 4.25.